The number of hydrogen-bond acceptors (Lipinski definition) is 5. The van der Waals surface area contributed by atoms with Gasteiger partial charge in [0.2, 0.25) is 6.79 Å². The van der Waals surface area contributed by atoms with Gasteiger partial charge in [-0.3, -0.25) is 5.10 Å². The van der Waals surface area contributed by atoms with Gasteiger partial charge in [-0.2, -0.15) is 10.2 Å². The van der Waals surface area contributed by atoms with Crippen LogP contribution in [0.5, 0.6) is 11.5 Å². The van der Waals surface area contributed by atoms with Crippen LogP contribution in [-0.4, -0.2) is 31.8 Å². The van der Waals surface area contributed by atoms with Gasteiger partial charge in [-0.15, -0.1) is 0 Å². The number of aromatic amines is 1. The number of hydrogen-bond donors (Lipinski definition) is 1. The van der Waals surface area contributed by atoms with Crippen LogP contribution in [0.1, 0.15) is 30.3 Å². The van der Waals surface area contributed by atoms with Crippen molar-refractivity contribution in [1.29, 1.82) is 0 Å². The minimum absolute atomic E-state index is 0.260. The summed E-state index contributed by atoms with van der Waals surface area (Å²) in [5.41, 5.74) is 3.07. The third kappa shape index (κ3) is 2.00. The smallest absolute Gasteiger partial charge is 0.231 e. The lowest BCUT2D eigenvalue weighted by atomic mass is 10.1. The van der Waals surface area contributed by atoms with Crippen LogP contribution in [0.15, 0.2) is 24.4 Å². The second kappa shape index (κ2) is 4.58. The Balaban J connectivity index is 1.65. The first-order valence-corrected chi connectivity index (χ1v) is 7.67. The van der Waals surface area contributed by atoms with E-state index in [4.69, 9.17) is 9.47 Å². The summed E-state index contributed by atoms with van der Waals surface area (Å²) in [7, 11) is 0. The number of rotatable bonds is 3. The number of benzene rings is 1. The van der Waals surface area contributed by atoms with Gasteiger partial charge in [0.1, 0.15) is 5.82 Å². The summed E-state index contributed by atoms with van der Waals surface area (Å²) in [4.78, 5) is 4.61. The topological polar surface area (TPSA) is 77.9 Å². The first-order valence-electron chi connectivity index (χ1n) is 7.67. The molecule has 0 unspecified atom stereocenters. The van der Waals surface area contributed by atoms with Crippen molar-refractivity contribution in [1.82, 2.24) is 25.0 Å². The van der Waals surface area contributed by atoms with Crippen LogP contribution in [-0.2, 0) is 0 Å². The first kappa shape index (κ1) is 12.7. The quantitative estimate of drug-likeness (QED) is 0.804. The fourth-order valence-electron chi connectivity index (χ4n) is 2.94. The molecule has 1 N–H and O–H groups in total. The molecule has 1 aromatic carbocycles. The summed E-state index contributed by atoms with van der Waals surface area (Å²) in [5, 5.41) is 11.9. The van der Waals surface area contributed by atoms with Crippen molar-refractivity contribution < 1.29 is 9.47 Å². The number of fused-ring (bicyclic) bond motifs is 1. The van der Waals surface area contributed by atoms with E-state index in [1.165, 1.54) is 12.8 Å². The number of nitrogens with one attached hydrogen (secondary N) is 1. The highest BCUT2D eigenvalue weighted by Gasteiger charge is 2.30. The summed E-state index contributed by atoms with van der Waals surface area (Å²) in [6.45, 7) is 2.15. The minimum atomic E-state index is 0.260. The van der Waals surface area contributed by atoms with Gasteiger partial charge in [-0.25, -0.2) is 9.67 Å². The molecule has 7 heteroatoms. The molecule has 3 heterocycles. The van der Waals surface area contributed by atoms with E-state index in [0.29, 0.717) is 5.92 Å². The lowest BCUT2D eigenvalue weighted by Crippen LogP contribution is -2.00. The third-order valence-corrected chi connectivity index (χ3v) is 4.21. The molecule has 1 aliphatic heterocycles. The van der Waals surface area contributed by atoms with Gasteiger partial charge in [-0.05, 0) is 31.9 Å². The maximum absolute atomic E-state index is 5.47. The maximum Gasteiger partial charge on any atom is 0.231 e. The molecule has 2 aliphatic rings. The highest BCUT2D eigenvalue weighted by molar-refractivity contribution is 5.62. The van der Waals surface area contributed by atoms with Crippen LogP contribution in [0.2, 0.25) is 0 Å². The lowest BCUT2D eigenvalue weighted by Gasteiger charge is -2.07. The fraction of sp³-hybridized carbons (Fsp3) is 0.312. The van der Waals surface area contributed by atoms with Crippen LogP contribution in [0.3, 0.4) is 0 Å². The van der Waals surface area contributed by atoms with E-state index < -0.39 is 0 Å². The molecule has 1 aliphatic carbocycles. The van der Waals surface area contributed by atoms with Crippen molar-refractivity contribution in [2.45, 2.75) is 25.7 Å². The molecule has 2 aromatic heterocycles. The van der Waals surface area contributed by atoms with Crippen LogP contribution in [0.4, 0.5) is 0 Å². The summed E-state index contributed by atoms with van der Waals surface area (Å²) in [6.07, 6.45) is 4.24. The molecule has 0 saturated heterocycles. The highest BCUT2D eigenvalue weighted by Crippen LogP contribution is 2.43. The molecule has 0 atom stereocenters. The molecule has 1 saturated carbocycles. The van der Waals surface area contributed by atoms with Crippen LogP contribution in [0.25, 0.3) is 17.1 Å². The number of nitrogens with zero attached hydrogens (tertiary/aromatic N) is 4. The standard InChI is InChI=1S/C16H15N5O2/c1-9-18-16(12-7-17-19-15(12)10-2-3-10)21(20-9)11-4-5-13-14(6-11)23-8-22-13/h4-7,10H,2-3,8H2,1H3,(H,17,19). The van der Waals surface area contributed by atoms with E-state index in [-0.39, 0.29) is 6.79 Å². The average molecular weight is 309 g/mol. The Morgan fingerprint density at radius 1 is 1.22 bits per heavy atom. The molecule has 116 valence electrons. The number of aryl methyl sites for hydroxylation is 1. The predicted molar refractivity (Wildman–Crippen MR) is 81.8 cm³/mol. The van der Waals surface area contributed by atoms with Gasteiger partial charge >= 0.3 is 0 Å². The minimum Gasteiger partial charge on any atom is -0.454 e. The van der Waals surface area contributed by atoms with Gasteiger partial charge < -0.3 is 9.47 Å². The van der Waals surface area contributed by atoms with Gasteiger partial charge in [0.25, 0.3) is 0 Å². The van der Waals surface area contributed by atoms with Gasteiger partial charge in [0.15, 0.2) is 17.3 Å². The van der Waals surface area contributed by atoms with Crippen molar-refractivity contribution in [2.75, 3.05) is 6.79 Å². The zero-order valence-corrected chi connectivity index (χ0v) is 12.6. The van der Waals surface area contributed by atoms with Crippen LogP contribution >= 0.6 is 0 Å². The molecule has 0 spiro atoms. The monoisotopic (exact) mass is 309 g/mol. The van der Waals surface area contributed by atoms with Crippen molar-refractivity contribution >= 4 is 0 Å². The van der Waals surface area contributed by atoms with Gasteiger partial charge in [-0.1, -0.05) is 0 Å². The zero-order chi connectivity index (χ0) is 15.4. The third-order valence-electron chi connectivity index (χ3n) is 4.21. The normalized spacial score (nSPS) is 16.0. The molecular weight excluding hydrogens is 294 g/mol. The van der Waals surface area contributed by atoms with Crippen LogP contribution in [0, 0.1) is 6.92 Å². The van der Waals surface area contributed by atoms with Gasteiger partial charge in [0, 0.05) is 17.7 Å². The van der Waals surface area contributed by atoms with E-state index >= 15 is 0 Å². The van der Waals surface area contributed by atoms with E-state index in [1.807, 2.05) is 36.0 Å². The largest absolute Gasteiger partial charge is 0.454 e. The molecule has 5 rings (SSSR count). The summed E-state index contributed by atoms with van der Waals surface area (Å²) in [6, 6.07) is 5.79. The molecule has 23 heavy (non-hydrogen) atoms. The van der Waals surface area contributed by atoms with Crippen molar-refractivity contribution in [3.8, 4) is 28.6 Å². The van der Waals surface area contributed by atoms with E-state index in [9.17, 15) is 0 Å². The Hall–Kier alpha value is -2.83. The molecule has 3 aromatic rings. The van der Waals surface area contributed by atoms with E-state index in [0.717, 1.165) is 40.1 Å². The Morgan fingerprint density at radius 2 is 2.09 bits per heavy atom. The molecule has 0 radical (unpaired) electrons. The number of H-pyrrole nitrogens is 1. The van der Waals surface area contributed by atoms with E-state index in [2.05, 4.69) is 20.3 Å². The van der Waals surface area contributed by atoms with Crippen molar-refractivity contribution in [3.63, 3.8) is 0 Å². The molecular formula is C16H15N5O2. The van der Waals surface area contributed by atoms with Crippen LogP contribution < -0.4 is 9.47 Å². The number of ether oxygens (including phenoxy) is 2. The average Bonchev–Trinajstić information content (AvgIpc) is 2.99. The lowest BCUT2D eigenvalue weighted by molar-refractivity contribution is 0.174. The molecule has 0 bridgehead atoms. The van der Waals surface area contributed by atoms with Gasteiger partial charge in [0.05, 0.1) is 17.4 Å². The summed E-state index contributed by atoms with van der Waals surface area (Å²) in [5.74, 6) is 3.58. The summed E-state index contributed by atoms with van der Waals surface area (Å²) >= 11 is 0. The second-order valence-corrected chi connectivity index (χ2v) is 5.90. The Bertz CT molecular complexity index is 894. The van der Waals surface area contributed by atoms with Crippen molar-refractivity contribution in [2.24, 2.45) is 0 Å². The molecule has 7 nitrogen and oxygen atoms in total. The number of aromatic nitrogens is 5. The zero-order valence-electron chi connectivity index (χ0n) is 12.6. The maximum atomic E-state index is 5.47. The Kier molecular flexibility index (Phi) is 2.53. The Morgan fingerprint density at radius 3 is 2.96 bits per heavy atom. The summed E-state index contributed by atoms with van der Waals surface area (Å²) < 4.78 is 12.7. The molecule has 0 amide bonds. The Labute approximate surface area is 132 Å². The predicted octanol–water partition coefficient (Wildman–Crippen LogP) is 2.57. The second-order valence-electron chi connectivity index (χ2n) is 5.90. The molecule has 1 fully saturated rings. The SMILES string of the molecule is Cc1nc(-c2cn[nH]c2C2CC2)n(-c2ccc3c(c2)OCO3)n1. The van der Waals surface area contributed by atoms with Crippen molar-refractivity contribution in [3.05, 3.63) is 35.9 Å². The highest BCUT2D eigenvalue weighted by atomic mass is 16.7. The first-order chi connectivity index (χ1) is 11.3. The fourth-order valence-corrected chi connectivity index (χ4v) is 2.94. The van der Waals surface area contributed by atoms with E-state index in [1.54, 1.807) is 0 Å².